The topological polar surface area (TPSA) is 58.6 Å². The molecular weight excluding hydrogens is 158 g/mol. The first kappa shape index (κ1) is 11.4. The highest BCUT2D eigenvalue weighted by atomic mass is 16.7. The highest BCUT2D eigenvalue weighted by Gasteiger charge is 2.27. The second kappa shape index (κ2) is 5.11. The molecule has 0 aromatic rings. The van der Waals surface area contributed by atoms with E-state index in [-0.39, 0.29) is 19.1 Å². The Bertz CT molecular complexity index is 145. The summed E-state index contributed by atoms with van der Waals surface area (Å²) in [4.78, 5) is 15.9. The van der Waals surface area contributed by atoms with Crippen LogP contribution in [0.5, 0.6) is 0 Å². The third-order valence-corrected chi connectivity index (χ3v) is 1.82. The SMILES string of the molecule is CCC(C)(C)C(=O)ONCCO. The molecule has 0 fully saturated rings. The van der Waals surface area contributed by atoms with Crippen LogP contribution >= 0.6 is 0 Å². The minimum absolute atomic E-state index is 0.0418. The molecule has 0 aliphatic heterocycles. The quantitative estimate of drug-likeness (QED) is 0.471. The van der Waals surface area contributed by atoms with Crippen molar-refractivity contribution in [2.75, 3.05) is 13.2 Å². The lowest BCUT2D eigenvalue weighted by Gasteiger charge is -2.19. The smallest absolute Gasteiger partial charge is 0.330 e. The maximum Gasteiger partial charge on any atom is 0.330 e. The van der Waals surface area contributed by atoms with Crippen LogP contribution < -0.4 is 5.48 Å². The van der Waals surface area contributed by atoms with Gasteiger partial charge in [0.2, 0.25) is 0 Å². The van der Waals surface area contributed by atoms with Crippen molar-refractivity contribution in [2.45, 2.75) is 27.2 Å². The number of nitrogens with one attached hydrogen (secondary N) is 1. The standard InChI is InChI=1S/C8H17NO3/c1-4-8(2,3)7(11)12-9-5-6-10/h9-10H,4-6H2,1-3H3. The van der Waals surface area contributed by atoms with Gasteiger partial charge in [-0.3, -0.25) is 0 Å². The lowest BCUT2D eigenvalue weighted by atomic mass is 9.91. The predicted octanol–water partition coefficient (Wildman–Crippen LogP) is 0.463. The van der Waals surface area contributed by atoms with Gasteiger partial charge in [0.15, 0.2) is 0 Å². The van der Waals surface area contributed by atoms with Crippen LogP contribution in [-0.2, 0) is 9.63 Å². The van der Waals surface area contributed by atoms with Gasteiger partial charge in [-0.25, -0.2) is 4.79 Å². The zero-order valence-electron chi connectivity index (χ0n) is 7.89. The van der Waals surface area contributed by atoms with Crippen LogP contribution in [0.3, 0.4) is 0 Å². The van der Waals surface area contributed by atoms with Crippen molar-refractivity contribution in [3.05, 3.63) is 0 Å². The number of aliphatic hydroxyl groups excluding tert-OH is 1. The zero-order valence-corrected chi connectivity index (χ0v) is 7.89. The number of carbonyl (C=O) groups is 1. The highest BCUT2D eigenvalue weighted by molar-refractivity contribution is 5.75. The Morgan fingerprint density at radius 3 is 2.58 bits per heavy atom. The van der Waals surface area contributed by atoms with Crippen LogP contribution in [-0.4, -0.2) is 24.2 Å². The molecule has 0 aromatic heterocycles. The summed E-state index contributed by atoms with van der Waals surface area (Å²) in [5.41, 5.74) is 1.92. The summed E-state index contributed by atoms with van der Waals surface area (Å²) in [6.07, 6.45) is 0.729. The minimum Gasteiger partial charge on any atom is -0.395 e. The van der Waals surface area contributed by atoms with E-state index in [9.17, 15) is 4.79 Å². The molecule has 0 heterocycles. The maximum absolute atomic E-state index is 11.2. The van der Waals surface area contributed by atoms with Crippen LogP contribution in [0.2, 0.25) is 0 Å². The normalized spacial score (nSPS) is 11.3. The number of hydrogen-bond donors (Lipinski definition) is 2. The summed E-state index contributed by atoms with van der Waals surface area (Å²) in [5, 5.41) is 8.39. The molecule has 0 spiro atoms. The fourth-order valence-electron chi connectivity index (χ4n) is 0.445. The molecule has 0 atom stereocenters. The summed E-state index contributed by atoms with van der Waals surface area (Å²) in [7, 11) is 0. The Hall–Kier alpha value is -0.610. The Morgan fingerprint density at radius 2 is 2.17 bits per heavy atom. The van der Waals surface area contributed by atoms with E-state index >= 15 is 0 Å². The molecular formula is C8H17NO3. The molecule has 0 aliphatic rings. The first-order chi connectivity index (χ1) is 5.54. The van der Waals surface area contributed by atoms with Crippen molar-refractivity contribution in [2.24, 2.45) is 5.41 Å². The number of aliphatic hydroxyl groups is 1. The van der Waals surface area contributed by atoms with Crippen molar-refractivity contribution < 1.29 is 14.7 Å². The van der Waals surface area contributed by atoms with E-state index in [1.807, 2.05) is 20.8 Å². The van der Waals surface area contributed by atoms with Gasteiger partial charge in [0, 0.05) is 0 Å². The summed E-state index contributed by atoms with van der Waals surface area (Å²) in [6.45, 7) is 5.78. The summed E-state index contributed by atoms with van der Waals surface area (Å²) in [6, 6.07) is 0. The number of carbonyl (C=O) groups excluding carboxylic acids is 1. The van der Waals surface area contributed by atoms with Crippen molar-refractivity contribution in [1.82, 2.24) is 5.48 Å². The fourth-order valence-corrected chi connectivity index (χ4v) is 0.445. The van der Waals surface area contributed by atoms with E-state index < -0.39 is 5.41 Å². The summed E-state index contributed by atoms with van der Waals surface area (Å²) < 4.78 is 0. The molecule has 72 valence electrons. The summed E-state index contributed by atoms with van der Waals surface area (Å²) in [5.74, 6) is -0.293. The monoisotopic (exact) mass is 175 g/mol. The molecule has 0 bridgehead atoms. The average molecular weight is 175 g/mol. The molecule has 4 nitrogen and oxygen atoms in total. The molecule has 2 N–H and O–H groups in total. The molecule has 0 unspecified atom stereocenters. The Kier molecular flexibility index (Phi) is 4.85. The first-order valence-corrected chi connectivity index (χ1v) is 4.09. The van der Waals surface area contributed by atoms with Gasteiger partial charge in [-0.15, -0.1) is 0 Å². The Balaban J connectivity index is 3.72. The largest absolute Gasteiger partial charge is 0.395 e. The molecule has 0 saturated carbocycles. The number of hydroxylamine groups is 1. The molecule has 0 saturated heterocycles. The predicted molar refractivity (Wildman–Crippen MR) is 45.3 cm³/mol. The number of hydrogen-bond acceptors (Lipinski definition) is 4. The molecule has 0 aromatic carbocycles. The van der Waals surface area contributed by atoms with Gasteiger partial charge in [0.05, 0.1) is 18.6 Å². The zero-order chi connectivity index (χ0) is 9.61. The lowest BCUT2D eigenvalue weighted by molar-refractivity contribution is -0.162. The van der Waals surface area contributed by atoms with Crippen LogP contribution in [0, 0.1) is 5.41 Å². The van der Waals surface area contributed by atoms with E-state index in [0.717, 1.165) is 6.42 Å². The van der Waals surface area contributed by atoms with Gasteiger partial charge in [-0.1, -0.05) is 6.92 Å². The van der Waals surface area contributed by atoms with Crippen molar-refractivity contribution in [1.29, 1.82) is 0 Å². The van der Waals surface area contributed by atoms with E-state index in [1.165, 1.54) is 0 Å². The third kappa shape index (κ3) is 3.69. The van der Waals surface area contributed by atoms with E-state index in [4.69, 9.17) is 5.11 Å². The van der Waals surface area contributed by atoms with Gasteiger partial charge in [0.1, 0.15) is 0 Å². The molecule has 12 heavy (non-hydrogen) atoms. The van der Waals surface area contributed by atoms with Gasteiger partial charge < -0.3 is 9.94 Å². The first-order valence-electron chi connectivity index (χ1n) is 4.09. The van der Waals surface area contributed by atoms with Crippen LogP contribution in [0.1, 0.15) is 27.2 Å². The van der Waals surface area contributed by atoms with E-state index in [2.05, 4.69) is 10.3 Å². The highest BCUT2D eigenvalue weighted by Crippen LogP contribution is 2.20. The second-order valence-electron chi connectivity index (χ2n) is 3.24. The van der Waals surface area contributed by atoms with E-state index in [0.29, 0.717) is 0 Å². The third-order valence-electron chi connectivity index (χ3n) is 1.82. The lowest BCUT2D eigenvalue weighted by Crippen LogP contribution is -2.32. The molecule has 0 amide bonds. The van der Waals surface area contributed by atoms with Gasteiger partial charge in [-0.05, 0) is 20.3 Å². The Morgan fingerprint density at radius 1 is 1.58 bits per heavy atom. The van der Waals surface area contributed by atoms with Gasteiger partial charge in [0.25, 0.3) is 0 Å². The molecule has 0 aliphatic carbocycles. The van der Waals surface area contributed by atoms with Gasteiger partial charge in [-0.2, -0.15) is 5.48 Å². The van der Waals surface area contributed by atoms with Crippen LogP contribution in [0.25, 0.3) is 0 Å². The molecule has 0 radical (unpaired) electrons. The van der Waals surface area contributed by atoms with E-state index in [1.54, 1.807) is 0 Å². The van der Waals surface area contributed by atoms with Crippen molar-refractivity contribution in [3.8, 4) is 0 Å². The number of rotatable bonds is 5. The molecule has 0 rings (SSSR count). The summed E-state index contributed by atoms with van der Waals surface area (Å²) >= 11 is 0. The van der Waals surface area contributed by atoms with Crippen LogP contribution in [0.4, 0.5) is 0 Å². The van der Waals surface area contributed by atoms with Gasteiger partial charge >= 0.3 is 5.97 Å². The fraction of sp³-hybridized carbons (Fsp3) is 0.875. The van der Waals surface area contributed by atoms with Crippen molar-refractivity contribution in [3.63, 3.8) is 0 Å². The van der Waals surface area contributed by atoms with Crippen molar-refractivity contribution >= 4 is 5.97 Å². The molecule has 4 heteroatoms. The maximum atomic E-state index is 11.2. The average Bonchev–Trinajstić information content (AvgIpc) is 2.05. The second-order valence-corrected chi connectivity index (χ2v) is 3.24. The minimum atomic E-state index is -0.456. The van der Waals surface area contributed by atoms with Crippen LogP contribution in [0.15, 0.2) is 0 Å². The Labute approximate surface area is 72.9 Å².